The minimum Gasteiger partial charge on any atom is -0.490 e. The number of likely N-dealkylation sites (tertiary alicyclic amines) is 1. The number of benzene rings is 1. The molecule has 1 unspecified atom stereocenters. The number of piperidine rings is 1. The molecule has 0 N–H and O–H groups in total. The minimum atomic E-state index is -0.464. The highest BCUT2D eigenvalue weighted by Gasteiger charge is 2.38. The van der Waals surface area contributed by atoms with Crippen molar-refractivity contribution in [2.45, 2.75) is 31.8 Å². The number of amides is 1. The minimum absolute atomic E-state index is 0.119. The van der Waals surface area contributed by atoms with Crippen LogP contribution in [0.5, 0.6) is 5.75 Å². The summed E-state index contributed by atoms with van der Waals surface area (Å²) in [5, 5.41) is 0. The molecule has 0 bridgehead atoms. The third-order valence-corrected chi connectivity index (χ3v) is 5.01. The number of aromatic nitrogens is 1. The number of hydrogen-bond acceptors (Lipinski definition) is 4. The summed E-state index contributed by atoms with van der Waals surface area (Å²) >= 11 is 0. The largest absolute Gasteiger partial charge is 0.490 e. The predicted molar refractivity (Wildman–Crippen MR) is 100 cm³/mol. The number of rotatable bonds is 6. The number of para-hydroxylation sites is 1. The maximum absolute atomic E-state index is 12.7. The number of hydrogen-bond donors (Lipinski definition) is 0. The van der Waals surface area contributed by atoms with E-state index in [2.05, 4.69) is 4.98 Å². The molecule has 1 fully saturated rings. The molecular formula is C21H26N2O3. The van der Waals surface area contributed by atoms with Gasteiger partial charge in [0, 0.05) is 26.0 Å². The first kappa shape index (κ1) is 18.4. The highest BCUT2D eigenvalue weighted by Crippen LogP contribution is 2.27. The molecule has 0 radical (unpaired) electrons. The Morgan fingerprint density at radius 3 is 2.73 bits per heavy atom. The smallest absolute Gasteiger partial charge is 0.227 e. The molecule has 0 saturated carbocycles. The normalized spacial score (nSPS) is 20.0. The summed E-state index contributed by atoms with van der Waals surface area (Å²) in [7, 11) is 1.71. The zero-order valence-electron chi connectivity index (χ0n) is 15.5. The van der Waals surface area contributed by atoms with Crippen LogP contribution in [-0.4, -0.2) is 48.2 Å². The van der Waals surface area contributed by atoms with Gasteiger partial charge in [0.1, 0.15) is 18.0 Å². The Morgan fingerprint density at radius 1 is 1.23 bits per heavy atom. The Morgan fingerprint density at radius 2 is 2.00 bits per heavy atom. The second-order valence-corrected chi connectivity index (χ2v) is 6.89. The van der Waals surface area contributed by atoms with Crippen LogP contribution in [0.3, 0.4) is 0 Å². The van der Waals surface area contributed by atoms with Crippen molar-refractivity contribution in [2.75, 3.05) is 26.8 Å². The molecule has 1 amide bonds. The molecule has 5 nitrogen and oxygen atoms in total. The Labute approximate surface area is 155 Å². The van der Waals surface area contributed by atoms with Gasteiger partial charge >= 0.3 is 0 Å². The average molecular weight is 354 g/mol. The van der Waals surface area contributed by atoms with E-state index in [1.807, 2.05) is 48.2 Å². The maximum Gasteiger partial charge on any atom is 0.227 e. The number of aryl methyl sites for hydroxylation is 1. The van der Waals surface area contributed by atoms with Crippen LogP contribution in [0.15, 0.2) is 48.8 Å². The molecule has 2 heterocycles. The zero-order valence-corrected chi connectivity index (χ0v) is 15.5. The van der Waals surface area contributed by atoms with E-state index in [0.29, 0.717) is 19.6 Å². The van der Waals surface area contributed by atoms with E-state index >= 15 is 0 Å². The van der Waals surface area contributed by atoms with Gasteiger partial charge in [0.15, 0.2) is 0 Å². The van der Waals surface area contributed by atoms with E-state index in [-0.39, 0.29) is 5.91 Å². The van der Waals surface area contributed by atoms with Gasteiger partial charge in [-0.15, -0.1) is 0 Å². The van der Waals surface area contributed by atoms with Crippen molar-refractivity contribution in [3.8, 4) is 5.75 Å². The van der Waals surface area contributed by atoms with Crippen molar-refractivity contribution in [2.24, 2.45) is 0 Å². The Hall–Kier alpha value is -2.40. The van der Waals surface area contributed by atoms with E-state index in [9.17, 15) is 4.79 Å². The van der Waals surface area contributed by atoms with Crippen molar-refractivity contribution in [3.63, 3.8) is 0 Å². The molecule has 1 saturated heterocycles. The molecular weight excluding hydrogens is 328 g/mol. The zero-order chi connectivity index (χ0) is 18.4. The number of carbonyl (C=O) groups is 1. The lowest BCUT2D eigenvalue weighted by Crippen LogP contribution is -2.54. The summed E-state index contributed by atoms with van der Waals surface area (Å²) in [4.78, 5) is 18.6. The third-order valence-electron chi connectivity index (χ3n) is 5.01. The molecule has 1 aromatic carbocycles. The second kappa shape index (κ2) is 8.32. The summed E-state index contributed by atoms with van der Waals surface area (Å²) in [6.45, 7) is 3.78. The van der Waals surface area contributed by atoms with E-state index < -0.39 is 5.60 Å². The summed E-state index contributed by atoms with van der Waals surface area (Å²) < 4.78 is 11.9. The number of methoxy groups -OCH3 is 1. The van der Waals surface area contributed by atoms with Gasteiger partial charge in [-0.1, -0.05) is 18.2 Å². The first-order chi connectivity index (χ1) is 12.6. The molecule has 2 aromatic rings. The van der Waals surface area contributed by atoms with Gasteiger partial charge in [-0.2, -0.15) is 0 Å². The van der Waals surface area contributed by atoms with E-state index in [1.54, 1.807) is 19.5 Å². The maximum atomic E-state index is 12.7. The van der Waals surface area contributed by atoms with Crippen molar-refractivity contribution in [3.05, 3.63) is 59.9 Å². The molecule has 138 valence electrons. The van der Waals surface area contributed by atoms with Gasteiger partial charge in [0.25, 0.3) is 0 Å². The van der Waals surface area contributed by atoms with Crippen molar-refractivity contribution in [1.82, 2.24) is 9.88 Å². The Balaban J connectivity index is 1.64. The topological polar surface area (TPSA) is 51.7 Å². The lowest BCUT2D eigenvalue weighted by Gasteiger charge is -2.41. The van der Waals surface area contributed by atoms with Crippen LogP contribution in [0, 0.1) is 6.92 Å². The lowest BCUT2D eigenvalue weighted by molar-refractivity contribution is -0.142. The standard InChI is InChI=1S/C21H26N2O3/c1-17-6-3-4-7-19(17)26-16-21(25-2)10-5-13-23(15-21)20(24)14-18-8-11-22-12-9-18/h3-4,6-9,11-12H,5,10,13-16H2,1-2H3. The fourth-order valence-electron chi connectivity index (χ4n) is 3.37. The Kier molecular flexibility index (Phi) is 5.89. The van der Waals surface area contributed by atoms with Gasteiger partial charge in [0.2, 0.25) is 5.91 Å². The Bertz CT molecular complexity index is 735. The fourth-order valence-corrected chi connectivity index (χ4v) is 3.37. The monoisotopic (exact) mass is 354 g/mol. The van der Waals surface area contributed by atoms with Crippen molar-refractivity contribution < 1.29 is 14.3 Å². The third kappa shape index (κ3) is 4.41. The van der Waals surface area contributed by atoms with Crippen LogP contribution < -0.4 is 4.74 Å². The van der Waals surface area contributed by atoms with Crippen LogP contribution in [0.25, 0.3) is 0 Å². The number of nitrogens with zero attached hydrogens (tertiary/aromatic N) is 2. The molecule has 1 aliphatic heterocycles. The molecule has 0 aliphatic carbocycles. The van der Waals surface area contributed by atoms with Gasteiger partial charge < -0.3 is 14.4 Å². The SMILES string of the molecule is COC1(COc2ccccc2C)CCCN(C(=O)Cc2ccncc2)C1. The van der Waals surface area contributed by atoms with Gasteiger partial charge in [-0.05, 0) is 49.1 Å². The van der Waals surface area contributed by atoms with Crippen molar-refractivity contribution >= 4 is 5.91 Å². The van der Waals surface area contributed by atoms with E-state index in [4.69, 9.17) is 9.47 Å². The van der Waals surface area contributed by atoms with Crippen molar-refractivity contribution in [1.29, 1.82) is 0 Å². The van der Waals surface area contributed by atoms with Gasteiger partial charge in [-0.3, -0.25) is 9.78 Å². The predicted octanol–water partition coefficient (Wildman–Crippen LogP) is 3.02. The van der Waals surface area contributed by atoms with Gasteiger partial charge in [0.05, 0.1) is 13.0 Å². The number of ether oxygens (including phenoxy) is 2. The summed E-state index contributed by atoms with van der Waals surface area (Å²) in [5.74, 6) is 0.984. The fraction of sp³-hybridized carbons (Fsp3) is 0.429. The second-order valence-electron chi connectivity index (χ2n) is 6.89. The average Bonchev–Trinajstić information content (AvgIpc) is 2.68. The van der Waals surface area contributed by atoms with Crippen LogP contribution in [0.1, 0.15) is 24.0 Å². The highest BCUT2D eigenvalue weighted by molar-refractivity contribution is 5.79. The molecule has 1 aliphatic rings. The lowest BCUT2D eigenvalue weighted by atomic mass is 9.92. The quantitative estimate of drug-likeness (QED) is 0.800. The molecule has 1 atom stereocenters. The first-order valence-electron chi connectivity index (χ1n) is 9.02. The molecule has 5 heteroatoms. The molecule has 0 spiro atoms. The highest BCUT2D eigenvalue weighted by atomic mass is 16.5. The van der Waals surface area contributed by atoms with Crippen LogP contribution in [0.2, 0.25) is 0 Å². The molecule has 1 aromatic heterocycles. The number of pyridine rings is 1. The van der Waals surface area contributed by atoms with E-state index in [0.717, 1.165) is 36.3 Å². The van der Waals surface area contributed by atoms with Gasteiger partial charge in [-0.25, -0.2) is 0 Å². The number of carbonyl (C=O) groups excluding carboxylic acids is 1. The van der Waals surface area contributed by atoms with Crippen LogP contribution >= 0.6 is 0 Å². The first-order valence-corrected chi connectivity index (χ1v) is 9.02. The molecule has 3 rings (SSSR count). The van der Waals surface area contributed by atoms with Crippen LogP contribution in [-0.2, 0) is 16.0 Å². The summed E-state index contributed by atoms with van der Waals surface area (Å²) in [6.07, 6.45) is 5.62. The molecule has 26 heavy (non-hydrogen) atoms. The summed E-state index contributed by atoms with van der Waals surface area (Å²) in [6, 6.07) is 11.7. The van der Waals surface area contributed by atoms with E-state index in [1.165, 1.54) is 0 Å². The van der Waals surface area contributed by atoms with Crippen LogP contribution in [0.4, 0.5) is 0 Å². The summed E-state index contributed by atoms with van der Waals surface area (Å²) in [5.41, 5.74) is 1.61.